The van der Waals surface area contributed by atoms with Crippen molar-refractivity contribution >= 4 is 11.3 Å². The van der Waals surface area contributed by atoms with Crippen molar-refractivity contribution in [2.24, 2.45) is 0 Å². The highest BCUT2D eigenvalue weighted by molar-refractivity contribution is 7.10. The molecular weight excluding hydrogens is 250 g/mol. The molecule has 2 atom stereocenters. The molecule has 0 saturated carbocycles. The molecule has 0 radical (unpaired) electrons. The third kappa shape index (κ3) is 2.75. The van der Waals surface area contributed by atoms with Gasteiger partial charge in [0.15, 0.2) is 0 Å². The van der Waals surface area contributed by atoms with Crippen LogP contribution in [0.2, 0.25) is 0 Å². The molecule has 1 aromatic heterocycles. The fourth-order valence-corrected chi connectivity index (χ4v) is 4.01. The molecule has 1 saturated heterocycles. The van der Waals surface area contributed by atoms with Gasteiger partial charge in [-0.1, -0.05) is 42.8 Å². The van der Waals surface area contributed by atoms with Gasteiger partial charge in [0.2, 0.25) is 0 Å². The van der Waals surface area contributed by atoms with Gasteiger partial charge in [0.05, 0.1) is 0 Å². The average molecular weight is 271 g/mol. The van der Waals surface area contributed by atoms with Crippen molar-refractivity contribution in [3.05, 3.63) is 58.3 Å². The summed E-state index contributed by atoms with van der Waals surface area (Å²) in [6.45, 7) is 3.57. The summed E-state index contributed by atoms with van der Waals surface area (Å²) in [5, 5.41) is 2.20. The van der Waals surface area contributed by atoms with Gasteiger partial charge in [-0.3, -0.25) is 4.90 Å². The number of thiophene rings is 1. The van der Waals surface area contributed by atoms with E-state index < -0.39 is 0 Å². The quantitative estimate of drug-likeness (QED) is 0.756. The molecule has 1 nitrogen and oxygen atoms in total. The molecule has 0 bridgehead atoms. The van der Waals surface area contributed by atoms with Gasteiger partial charge in [-0.25, -0.2) is 0 Å². The Morgan fingerprint density at radius 1 is 1.11 bits per heavy atom. The van der Waals surface area contributed by atoms with E-state index in [1.807, 2.05) is 11.3 Å². The topological polar surface area (TPSA) is 3.24 Å². The van der Waals surface area contributed by atoms with Gasteiger partial charge in [-0.15, -0.1) is 11.3 Å². The Morgan fingerprint density at radius 2 is 1.95 bits per heavy atom. The van der Waals surface area contributed by atoms with Crippen LogP contribution in [0.25, 0.3) is 0 Å². The first-order valence-corrected chi connectivity index (χ1v) is 8.08. The van der Waals surface area contributed by atoms with Crippen molar-refractivity contribution in [3.8, 4) is 0 Å². The lowest BCUT2D eigenvalue weighted by atomic mass is 9.96. The van der Waals surface area contributed by atoms with E-state index in [1.54, 1.807) is 0 Å². The van der Waals surface area contributed by atoms with Gasteiger partial charge < -0.3 is 0 Å². The van der Waals surface area contributed by atoms with E-state index in [4.69, 9.17) is 0 Å². The lowest BCUT2D eigenvalue weighted by molar-refractivity contribution is 0.105. The van der Waals surface area contributed by atoms with Gasteiger partial charge in [-0.2, -0.15) is 0 Å². The maximum absolute atomic E-state index is 2.69. The molecule has 1 aliphatic rings. The van der Waals surface area contributed by atoms with E-state index in [0.717, 1.165) is 0 Å². The average Bonchev–Trinajstić information content (AvgIpc) is 3.01. The van der Waals surface area contributed by atoms with Crippen molar-refractivity contribution < 1.29 is 0 Å². The number of nitrogens with zero attached hydrogens (tertiary/aromatic N) is 1. The second-order valence-electron chi connectivity index (χ2n) is 5.35. The predicted molar refractivity (Wildman–Crippen MR) is 82.5 cm³/mol. The van der Waals surface area contributed by atoms with Crippen LogP contribution in [0.15, 0.2) is 47.8 Å². The van der Waals surface area contributed by atoms with Crippen LogP contribution in [0.5, 0.6) is 0 Å². The highest BCUT2D eigenvalue weighted by Gasteiger charge is 2.28. The Morgan fingerprint density at radius 3 is 2.68 bits per heavy atom. The molecule has 2 heteroatoms. The molecule has 19 heavy (non-hydrogen) atoms. The molecule has 2 aromatic rings. The monoisotopic (exact) mass is 271 g/mol. The summed E-state index contributed by atoms with van der Waals surface area (Å²) in [6.07, 6.45) is 4.00. The molecule has 1 unspecified atom stereocenters. The van der Waals surface area contributed by atoms with E-state index in [1.165, 1.54) is 36.2 Å². The summed E-state index contributed by atoms with van der Waals surface area (Å²) >= 11 is 1.90. The predicted octanol–water partition coefficient (Wildman–Crippen LogP) is 5.04. The van der Waals surface area contributed by atoms with Crippen LogP contribution in [0.3, 0.4) is 0 Å². The van der Waals surface area contributed by atoms with Gasteiger partial charge in [0.25, 0.3) is 0 Å². The number of hydrogen-bond donors (Lipinski definition) is 0. The molecule has 1 aliphatic heterocycles. The molecule has 0 amide bonds. The van der Waals surface area contributed by atoms with Crippen molar-refractivity contribution in [1.29, 1.82) is 0 Å². The summed E-state index contributed by atoms with van der Waals surface area (Å²) in [6, 6.07) is 16.5. The zero-order valence-electron chi connectivity index (χ0n) is 11.5. The summed E-state index contributed by atoms with van der Waals surface area (Å²) < 4.78 is 0. The molecule has 100 valence electrons. The zero-order chi connectivity index (χ0) is 13.1. The first kappa shape index (κ1) is 12.9. The summed E-state index contributed by atoms with van der Waals surface area (Å²) in [5.41, 5.74) is 1.44. The Kier molecular flexibility index (Phi) is 4.00. The van der Waals surface area contributed by atoms with Crippen LogP contribution in [-0.2, 0) is 0 Å². The molecular formula is C17H21NS. The second kappa shape index (κ2) is 5.89. The summed E-state index contributed by atoms with van der Waals surface area (Å²) in [5.74, 6) is 0. The zero-order valence-corrected chi connectivity index (χ0v) is 12.3. The number of piperidine rings is 1. The van der Waals surface area contributed by atoms with E-state index in [-0.39, 0.29) is 0 Å². The molecule has 1 aromatic carbocycles. The molecule has 1 fully saturated rings. The highest BCUT2D eigenvalue weighted by atomic mass is 32.1. The fourth-order valence-electron chi connectivity index (χ4n) is 3.13. The van der Waals surface area contributed by atoms with Gasteiger partial charge in [0.1, 0.15) is 0 Å². The minimum atomic E-state index is 0.508. The number of benzene rings is 1. The smallest absolute Gasteiger partial charge is 0.0447 e. The van der Waals surface area contributed by atoms with Crippen LogP contribution >= 0.6 is 11.3 Å². The second-order valence-corrected chi connectivity index (χ2v) is 6.33. The van der Waals surface area contributed by atoms with Crippen LogP contribution in [0.1, 0.15) is 48.7 Å². The summed E-state index contributed by atoms with van der Waals surface area (Å²) in [4.78, 5) is 4.22. The highest BCUT2D eigenvalue weighted by Crippen LogP contribution is 2.38. The van der Waals surface area contributed by atoms with E-state index in [9.17, 15) is 0 Å². The molecule has 0 N–H and O–H groups in total. The lowest BCUT2D eigenvalue weighted by Crippen LogP contribution is -2.35. The third-order valence-electron chi connectivity index (χ3n) is 4.20. The van der Waals surface area contributed by atoms with Crippen LogP contribution in [-0.4, -0.2) is 11.4 Å². The van der Waals surface area contributed by atoms with E-state index >= 15 is 0 Å². The third-order valence-corrected chi connectivity index (χ3v) is 5.17. The molecule has 0 spiro atoms. The normalized spacial score (nSPS) is 22.3. The molecule has 3 rings (SSSR count). The minimum Gasteiger partial charge on any atom is -0.289 e. The lowest BCUT2D eigenvalue weighted by Gasteiger charge is -2.39. The van der Waals surface area contributed by atoms with Crippen LogP contribution < -0.4 is 0 Å². The Labute approximate surface area is 119 Å². The van der Waals surface area contributed by atoms with Gasteiger partial charge in [-0.05, 0) is 43.3 Å². The first-order chi connectivity index (χ1) is 9.36. The first-order valence-electron chi connectivity index (χ1n) is 7.20. The van der Waals surface area contributed by atoms with Gasteiger partial charge >= 0.3 is 0 Å². The number of likely N-dealkylation sites (tertiary alicyclic amines) is 1. The van der Waals surface area contributed by atoms with Gasteiger partial charge in [0, 0.05) is 17.0 Å². The summed E-state index contributed by atoms with van der Waals surface area (Å²) in [7, 11) is 0. The molecule has 2 heterocycles. The van der Waals surface area contributed by atoms with Crippen molar-refractivity contribution in [1.82, 2.24) is 4.90 Å². The maximum atomic E-state index is 2.69. The van der Waals surface area contributed by atoms with Crippen molar-refractivity contribution in [2.45, 2.75) is 38.3 Å². The Balaban J connectivity index is 1.84. The minimum absolute atomic E-state index is 0.508. The standard InChI is InChI=1S/C17H21NS/c1-14(15-8-3-2-4-9-15)18-12-6-5-10-16(18)17-11-7-13-19-17/h2-4,7-9,11,13-14,16H,5-6,10,12H2,1H3/t14-,16?/m1/s1. The Hall–Kier alpha value is -1.12. The number of hydrogen-bond acceptors (Lipinski definition) is 2. The van der Waals surface area contributed by atoms with Crippen molar-refractivity contribution in [2.75, 3.05) is 6.54 Å². The molecule has 0 aliphatic carbocycles. The van der Waals surface area contributed by atoms with Crippen molar-refractivity contribution in [3.63, 3.8) is 0 Å². The number of rotatable bonds is 3. The van der Waals surface area contributed by atoms with Crippen LogP contribution in [0, 0.1) is 0 Å². The van der Waals surface area contributed by atoms with Crippen LogP contribution in [0.4, 0.5) is 0 Å². The van der Waals surface area contributed by atoms with E-state index in [2.05, 4.69) is 59.7 Å². The van der Waals surface area contributed by atoms with E-state index in [0.29, 0.717) is 12.1 Å². The SMILES string of the molecule is C[C@H](c1ccccc1)N1CCCCC1c1cccs1. The fraction of sp³-hybridized carbons (Fsp3) is 0.412. The maximum Gasteiger partial charge on any atom is 0.0447 e. The largest absolute Gasteiger partial charge is 0.289 e. The Bertz CT molecular complexity index is 491.